The zero-order valence-electron chi connectivity index (χ0n) is 11.7. The quantitative estimate of drug-likeness (QED) is 0.818. The first-order chi connectivity index (χ1) is 9.79. The number of nitrogens with zero attached hydrogens (tertiary/aromatic N) is 1. The zero-order valence-corrected chi connectivity index (χ0v) is 11.7. The maximum Gasteiger partial charge on any atom is 0.415 e. The average Bonchev–Trinajstić information content (AvgIpc) is 2.49. The Morgan fingerprint density at radius 2 is 1.60 bits per heavy atom. The van der Waals surface area contributed by atoms with E-state index in [0.717, 1.165) is 12.0 Å². The second-order valence-corrected chi connectivity index (χ2v) is 4.59. The van der Waals surface area contributed by atoms with Crippen LogP contribution in [0.25, 0.3) is 0 Å². The molecule has 0 saturated heterocycles. The van der Waals surface area contributed by atoms with Gasteiger partial charge in [0.1, 0.15) is 5.75 Å². The van der Waals surface area contributed by atoms with Crippen LogP contribution in [0.15, 0.2) is 60.7 Å². The molecule has 0 unspecified atom stereocenters. The van der Waals surface area contributed by atoms with Crippen molar-refractivity contribution in [2.75, 3.05) is 6.54 Å². The molecule has 0 aliphatic rings. The predicted octanol–water partition coefficient (Wildman–Crippen LogP) is 4.10. The Labute approximate surface area is 119 Å². The van der Waals surface area contributed by atoms with Crippen LogP contribution in [-0.4, -0.2) is 17.5 Å². The molecule has 104 valence electrons. The summed E-state index contributed by atoms with van der Waals surface area (Å²) in [5, 5.41) is 0. The van der Waals surface area contributed by atoms with Gasteiger partial charge in [0.2, 0.25) is 0 Å². The van der Waals surface area contributed by atoms with E-state index in [1.165, 1.54) is 0 Å². The van der Waals surface area contributed by atoms with Gasteiger partial charge >= 0.3 is 6.09 Å². The SMILES string of the molecule is CCCN(Cc1ccccc1)C(=O)Oc1ccccc1. The van der Waals surface area contributed by atoms with Crippen molar-refractivity contribution in [2.45, 2.75) is 19.9 Å². The van der Waals surface area contributed by atoms with Crippen LogP contribution >= 0.6 is 0 Å². The molecule has 0 atom stereocenters. The Kier molecular flexibility index (Phi) is 5.18. The van der Waals surface area contributed by atoms with Crippen molar-refractivity contribution in [1.82, 2.24) is 4.90 Å². The van der Waals surface area contributed by atoms with Gasteiger partial charge in [-0.2, -0.15) is 0 Å². The van der Waals surface area contributed by atoms with E-state index in [1.807, 2.05) is 55.5 Å². The number of para-hydroxylation sites is 1. The van der Waals surface area contributed by atoms with Crippen molar-refractivity contribution in [3.05, 3.63) is 66.2 Å². The van der Waals surface area contributed by atoms with E-state index in [-0.39, 0.29) is 6.09 Å². The van der Waals surface area contributed by atoms with Crippen molar-refractivity contribution < 1.29 is 9.53 Å². The van der Waals surface area contributed by atoms with E-state index in [9.17, 15) is 4.79 Å². The lowest BCUT2D eigenvalue weighted by atomic mass is 10.2. The maximum absolute atomic E-state index is 12.2. The van der Waals surface area contributed by atoms with Gasteiger partial charge in [0.05, 0.1) is 0 Å². The number of rotatable bonds is 5. The molecule has 3 nitrogen and oxygen atoms in total. The summed E-state index contributed by atoms with van der Waals surface area (Å²) >= 11 is 0. The molecule has 0 aliphatic heterocycles. The molecule has 3 heteroatoms. The highest BCUT2D eigenvalue weighted by molar-refractivity contribution is 5.70. The van der Waals surface area contributed by atoms with Crippen molar-refractivity contribution in [1.29, 1.82) is 0 Å². The van der Waals surface area contributed by atoms with E-state index >= 15 is 0 Å². The lowest BCUT2D eigenvalue weighted by Gasteiger charge is -2.21. The highest BCUT2D eigenvalue weighted by Gasteiger charge is 2.15. The molecule has 0 heterocycles. The molecule has 2 rings (SSSR count). The lowest BCUT2D eigenvalue weighted by Crippen LogP contribution is -2.33. The van der Waals surface area contributed by atoms with E-state index in [4.69, 9.17) is 4.74 Å². The van der Waals surface area contributed by atoms with Gasteiger partial charge in [-0.05, 0) is 24.1 Å². The Balaban J connectivity index is 2.02. The molecular formula is C17H19NO2. The lowest BCUT2D eigenvalue weighted by molar-refractivity contribution is 0.149. The fourth-order valence-electron chi connectivity index (χ4n) is 1.96. The van der Waals surface area contributed by atoms with Crippen LogP contribution in [0.4, 0.5) is 4.79 Å². The second-order valence-electron chi connectivity index (χ2n) is 4.59. The van der Waals surface area contributed by atoms with Crippen LogP contribution in [-0.2, 0) is 6.54 Å². The Hall–Kier alpha value is -2.29. The summed E-state index contributed by atoms with van der Waals surface area (Å²) in [6.07, 6.45) is 0.596. The highest BCUT2D eigenvalue weighted by Crippen LogP contribution is 2.12. The molecule has 2 aromatic carbocycles. The highest BCUT2D eigenvalue weighted by atomic mass is 16.6. The van der Waals surface area contributed by atoms with Crippen molar-refractivity contribution in [3.8, 4) is 5.75 Å². The van der Waals surface area contributed by atoms with E-state index < -0.39 is 0 Å². The number of hydrogen-bond acceptors (Lipinski definition) is 2. The van der Waals surface area contributed by atoms with Crippen LogP contribution < -0.4 is 4.74 Å². The molecule has 0 fully saturated rings. The van der Waals surface area contributed by atoms with Gasteiger partial charge < -0.3 is 9.64 Å². The molecule has 0 bridgehead atoms. The summed E-state index contributed by atoms with van der Waals surface area (Å²) in [5.41, 5.74) is 1.10. The fourth-order valence-corrected chi connectivity index (χ4v) is 1.96. The summed E-state index contributed by atoms with van der Waals surface area (Å²) in [4.78, 5) is 13.9. The third kappa shape index (κ3) is 4.12. The number of carbonyl (C=O) groups excluding carboxylic acids is 1. The first kappa shape index (κ1) is 14.1. The summed E-state index contributed by atoms with van der Waals surface area (Å²) in [5.74, 6) is 0.576. The van der Waals surface area contributed by atoms with Crippen LogP contribution in [0.5, 0.6) is 5.75 Å². The zero-order chi connectivity index (χ0) is 14.2. The third-order valence-corrected chi connectivity index (χ3v) is 2.92. The van der Waals surface area contributed by atoms with Crippen molar-refractivity contribution >= 4 is 6.09 Å². The smallest absolute Gasteiger partial charge is 0.410 e. The molecule has 0 N–H and O–H groups in total. The molecule has 0 saturated carbocycles. The van der Waals surface area contributed by atoms with Gasteiger partial charge in [0.15, 0.2) is 0 Å². The molecule has 1 amide bonds. The monoisotopic (exact) mass is 269 g/mol. The summed E-state index contributed by atoms with van der Waals surface area (Å²) in [7, 11) is 0. The average molecular weight is 269 g/mol. The second kappa shape index (κ2) is 7.34. The predicted molar refractivity (Wildman–Crippen MR) is 79.6 cm³/mol. The van der Waals surface area contributed by atoms with E-state index in [2.05, 4.69) is 0 Å². The minimum absolute atomic E-state index is 0.304. The molecule has 0 aromatic heterocycles. The van der Waals surface area contributed by atoms with Crippen molar-refractivity contribution in [2.24, 2.45) is 0 Å². The third-order valence-electron chi connectivity index (χ3n) is 2.92. The maximum atomic E-state index is 12.2. The van der Waals surface area contributed by atoms with Gasteiger partial charge in [-0.1, -0.05) is 55.5 Å². The van der Waals surface area contributed by atoms with Crippen molar-refractivity contribution in [3.63, 3.8) is 0 Å². The molecule has 0 spiro atoms. The summed E-state index contributed by atoms with van der Waals surface area (Å²) < 4.78 is 5.39. The largest absolute Gasteiger partial charge is 0.415 e. The molecule has 0 aliphatic carbocycles. The first-order valence-corrected chi connectivity index (χ1v) is 6.85. The van der Waals surface area contributed by atoms with Gasteiger partial charge in [-0.25, -0.2) is 4.79 Å². The standard InChI is InChI=1S/C17H19NO2/c1-2-13-18(14-15-9-5-3-6-10-15)17(19)20-16-11-7-4-8-12-16/h3-12H,2,13-14H2,1H3. The van der Waals surface area contributed by atoms with Crippen LogP contribution in [0.3, 0.4) is 0 Å². The molecule has 0 radical (unpaired) electrons. The number of benzene rings is 2. The minimum atomic E-state index is -0.304. The summed E-state index contributed by atoms with van der Waals surface area (Å²) in [6.45, 7) is 3.30. The van der Waals surface area contributed by atoms with Crippen LogP contribution in [0.1, 0.15) is 18.9 Å². The number of amides is 1. The van der Waals surface area contributed by atoms with Crippen LogP contribution in [0.2, 0.25) is 0 Å². The van der Waals surface area contributed by atoms with Gasteiger partial charge in [0, 0.05) is 13.1 Å². The fraction of sp³-hybridized carbons (Fsp3) is 0.235. The van der Waals surface area contributed by atoms with Gasteiger partial charge in [-0.3, -0.25) is 0 Å². The normalized spacial score (nSPS) is 10.1. The molecular weight excluding hydrogens is 250 g/mol. The minimum Gasteiger partial charge on any atom is -0.410 e. The Morgan fingerprint density at radius 1 is 1.00 bits per heavy atom. The van der Waals surface area contributed by atoms with E-state index in [1.54, 1.807) is 17.0 Å². The Morgan fingerprint density at radius 3 is 2.20 bits per heavy atom. The van der Waals surface area contributed by atoms with E-state index in [0.29, 0.717) is 18.8 Å². The summed E-state index contributed by atoms with van der Waals surface area (Å²) in [6, 6.07) is 19.1. The molecule has 2 aromatic rings. The first-order valence-electron chi connectivity index (χ1n) is 6.85. The number of hydrogen-bond donors (Lipinski definition) is 0. The molecule has 20 heavy (non-hydrogen) atoms. The topological polar surface area (TPSA) is 29.5 Å². The number of carbonyl (C=O) groups is 1. The Bertz CT molecular complexity index is 525. The van der Waals surface area contributed by atoms with Crippen LogP contribution in [0, 0.1) is 0 Å². The van der Waals surface area contributed by atoms with Gasteiger partial charge in [-0.15, -0.1) is 0 Å². The number of ether oxygens (including phenoxy) is 1. The van der Waals surface area contributed by atoms with Gasteiger partial charge in [0.25, 0.3) is 0 Å².